The van der Waals surface area contributed by atoms with Gasteiger partial charge in [0.1, 0.15) is 24.2 Å². The number of hydrogen-bond acceptors (Lipinski definition) is 11. The Hall–Kier alpha value is -5.34. The maximum Gasteiger partial charge on any atom is 0.326 e. The van der Waals surface area contributed by atoms with Crippen molar-refractivity contribution in [1.29, 1.82) is 0 Å². The zero-order valence-corrected chi connectivity index (χ0v) is 24.3. The second-order valence-electron chi connectivity index (χ2n) is 9.85. The fraction of sp³-hybridized carbons (Fsp3) is 0.600. The smallest absolute Gasteiger partial charge is 0.326 e. The number of nitrogens with one attached hydrogen (secondary N) is 4. The van der Waals surface area contributed by atoms with E-state index in [4.69, 9.17) is 31.3 Å². The van der Waals surface area contributed by atoms with Crippen LogP contribution in [0.2, 0.25) is 0 Å². The molecule has 0 aliphatic carbocycles. The number of carbonyl (C=O) groups excluding carboxylic acids is 4. The van der Waals surface area contributed by atoms with Gasteiger partial charge in [-0.15, -0.1) is 0 Å². The van der Waals surface area contributed by atoms with Gasteiger partial charge in [-0.1, -0.05) is 0 Å². The molecule has 0 bridgehead atoms. The first kappa shape index (κ1) is 40.7. The molecule has 0 aromatic heterocycles. The van der Waals surface area contributed by atoms with Gasteiger partial charge in [0.05, 0.1) is 6.04 Å². The van der Waals surface area contributed by atoms with Crippen LogP contribution >= 0.6 is 0 Å². The van der Waals surface area contributed by atoms with Crippen molar-refractivity contribution < 1.29 is 78.6 Å². The van der Waals surface area contributed by atoms with Crippen molar-refractivity contribution >= 4 is 59.4 Å². The molecular formula is C25H37N5O16. The van der Waals surface area contributed by atoms with Gasteiger partial charge < -0.3 is 57.6 Å². The largest absolute Gasteiger partial charge is 0.481 e. The van der Waals surface area contributed by atoms with Crippen molar-refractivity contribution in [3.05, 3.63) is 0 Å². The van der Waals surface area contributed by atoms with Crippen molar-refractivity contribution in [3.63, 3.8) is 0 Å². The van der Waals surface area contributed by atoms with Gasteiger partial charge in [-0.25, -0.2) is 4.79 Å². The van der Waals surface area contributed by atoms with Crippen molar-refractivity contribution in [1.82, 2.24) is 21.3 Å². The first-order valence-electron chi connectivity index (χ1n) is 13.6. The van der Waals surface area contributed by atoms with Gasteiger partial charge in [-0.3, -0.25) is 43.2 Å². The summed E-state index contributed by atoms with van der Waals surface area (Å²) in [6, 6.07) is -8.40. The molecule has 0 aromatic rings. The zero-order valence-electron chi connectivity index (χ0n) is 24.3. The number of rotatable bonds is 24. The van der Waals surface area contributed by atoms with E-state index in [0.717, 1.165) is 0 Å². The monoisotopic (exact) mass is 663 g/mol. The third kappa shape index (κ3) is 17.7. The van der Waals surface area contributed by atoms with Crippen LogP contribution in [-0.4, -0.2) is 120 Å². The van der Waals surface area contributed by atoms with E-state index in [9.17, 15) is 53.1 Å². The zero-order chi connectivity index (χ0) is 35.6. The molecule has 0 aromatic carbocycles. The molecule has 21 heteroatoms. The van der Waals surface area contributed by atoms with E-state index in [2.05, 4.69) is 16.0 Å². The van der Waals surface area contributed by atoms with Crippen LogP contribution in [0, 0.1) is 0 Å². The summed E-state index contributed by atoms with van der Waals surface area (Å²) in [4.78, 5) is 118. The number of hydrogen-bond donors (Lipinski definition) is 11. The molecule has 21 nitrogen and oxygen atoms in total. The highest BCUT2D eigenvalue weighted by Crippen LogP contribution is 2.08. The number of nitrogens with two attached hydrogens (primary N) is 1. The Bertz CT molecular complexity index is 1180. The summed E-state index contributed by atoms with van der Waals surface area (Å²) in [6.07, 6.45) is -6.07. The second-order valence-corrected chi connectivity index (χ2v) is 9.85. The lowest BCUT2D eigenvalue weighted by Crippen LogP contribution is -2.58. The van der Waals surface area contributed by atoms with Crippen LogP contribution in [0.15, 0.2) is 0 Å². The molecule has 5 atom stereocenters. The second kappa shape index (κ2) is 20.6. The van der Waals surface area contributed by atoms with Gasteiger partial charge in [0, 0.05) is 32.1 Å². The van der Waals surface area contributed by atoms with Gasteiger partial charge in [-0.2, -0.15) is 0 Å². The van der Waals surface area contributed by atoms with Crippen LogP contribution in [-0.2, 0) is 47.9 Å². The lowest BCUT2D eigenvalue weighted by molar-refractivity contribution is -0.144. The minimum atomic E-state index is -1.78. The molecule has 0 aliphatic rings. The maximum atomic E-state index is 13.2. The number of carbonyl (C=O) groups is 10. The predicted octanol–water partition coefficient (Wildman–Crippen LogP) is -3.34. The molecule has 0 rings (SSSR count). The van der Waals surface area contributed by atoms with Crippen molar-refractivity contribution in [3.8, 4) is 0 Å². The van der Waals surface area contributed by atoms with E-state index in [-0.39, 0.29) is 6.42 Å². The molecule has 258 valence electrons. The quantitative estimate of drug-likeness (QED) is 0.0480. The molecule has 0 spiro atoms. The Morgan fingerprint density at radius 1 is 0.391 bits per heavy atom. The van der Waals surface area contributed by atoms with Crippen molar-refractivity contribution in [2.75, 3.05) is 0 Å². The molecule has 5 unspecified atom stereocenters. The normalized spacial score (nSPS) is 13.8. The molecule has 0 saturated heterocycles. The number of carboxylic acid groups (broad SMARTS) is 6. The van der Waals surface area contributed by atoms with Crippen LogP contribution in [0.5, 0.6) is 0 Å². The van der Waals surface area contributed by atoms with E-state index in [1.807, 2.05) is 5.32 Å². The average Bonchev–Trinajstić information content (AvgIpc) is 2.94. The molecule has 12 N–H and O–H groups in total. The predicted molar refractivity (Wildman–Crippen MR) is 148 cm³/mol. The number of carboxylic acids is 6. The Balaban J connectivity index is 6.07. The minimum Gasteiger partial charge on any atom is -0.481 e. The standard InChI is InChI=1S/C25H37N5O16/c26-11(1-6-16(31)32)21(41)27-12(2-7-17(33)34)22(42)28-13(3-8-18(35)36)23(43)29-14(4-9-19(37)38)24(44)30-15(25(45)46)5-10-20(39)40/h11-15H,1-10,26H2,(H,27,41)(H,28,42)(H,29,43)(H,30,44)(H,31,32)(H,33,34)(H,35,36)(H,37,38)(H,39,40)(H,45,46). The van der Waals surface area contributed by atoms with Crippen molar-refractivity contribution in [2.24, 2.45) is 5.73 Å². The molecule has 0 fully saturated rings. The lowest BCUT2D eigenvalue weighted by atomic mass is 10.0. The summed E-state index contributed by atoms with van der Waals surface area (Å²) >= 11 is 0. The molecule has 0 saturated carbocycles. The Labute approximate surface area is 259 Å². The van der Waals surface area contributed by atoms with E-state index < -0.39 is 147 Å². The molecule has 46 heavy (non-hydrogen) atoms. The van der Waals surface area contributed by atoms with Crippen LogP contribution in [0.25, 0.3) is 0 Å². The molecular weight excluding hydrogens is 626 g/mol. The highest BCUT2D eigenvalue weighted by atomic mass is 16.4. The summed E-state index contributed by atoms with van der Waals surface area (Å²) < 4.78 is 0. The molecule has 4 amide bonds. The fourth-order valence-corrected chi connectivity index (χ4v) is 3.64. The van der Waals surface area contributed by atoms with Crippen LogP contribution in [0.3, 0.4) is 0 Å². The molecule has 0 radical (unpaired) electrons. The third-order valence-corrected chi connectivity index (χ3v) is 6.11. The van der Waals surface area contributed by atoms with Crippen molar-refractivity contribution in [2.45, 2.75) is 94.4 Å². The first-order valence-corrected chi connectivity index (χ1v) is 13.6. The van der Waals surface area contributed by atoms with E-state index >= 15 is 0 Å². The van der Waals surface area contributed by atoms with Crippen LogP contribution in [0.1, 0.15) is 64.2 Å². The minimum absolute atomic E-state index is 0.350. The first-order chi connectivity index (χ1) is 21.3. The summed E-state index contributed by atoms with van der Waals surface area (Å²) in [5.41, 5.74) is 5.62. The number of amides is 4. The number of aliphatic carboxylic acids is 6. The lowest BCUT2D eigenvalue weighted by Gasteiger charge is -2.26. The van der Waals surface area contributed by atoms with Crippen LogP contribution < -0.4 is 27.0 Å². The Morgan fingerprint density at radius 3 is 0.913 bits per heavy atom. The molecule has 0 aliphatic heterocycles. The fourth-order valence-electron chi connectivity index (χ4n) is 3.64. The molecule has 0 heterocycles. The topological polar surface area (TPSA) is 366 Å². The Kier molecular flexibility index (Phi) is 18.2. The average molecular weight is 664 g/mol. The van der Waals surface area contributed by atoms with Gasteiger partial charge in [0.2, 0.25) is 23.6 Å². The SMILES string of the molecule is NC(CCC(=O)O)C(=O)NC(CCC(=O)O)C(=O)NC(CCC(=O)O)C(=O)NC(CCC(=O)O)C(=O)NC(CCC(=O)O)C(=O)O. The summed E-state index contributed by atoms with van der Waals surface area (Å²) in [6.45, 7) is 0. The van der Waals surface area contributed by atoms with E-state index in [1.165, 1.54) is 0 Å². The summed E-state index contributed by atoms with van der Waals surface area (Å²) in [5, 5.41) is 62.4. The van der Waals surface area contributed by atoms with E-state index in [1.54, 1.807) is 0 Å². The maximum absolute atomic E-state index is 13.2. The van der Waals surface area contributed by atoms with Gasteiger partial charge in [0.25, 0.3) is 0 Å². The van der Waals surface area contributed by atoms with Gasteiger partial charge in [-0.05, 0) is 32.1 Å². The Morgan fingerprint density at radius 2 is 0.630 bits per heavy atom. The van der Waals surface area contributed by atoms with Gasteiger partial charge >= 0.3 is 35.8 Å². The summed E-state index contributed by atoms with van der Waals surface area (Å²) in [5.74, 6) is -13.3. The summed E-state index contributed by atoms with van der Waals surface area (Å²) in [7, 11) is 0. The van der Waals surface area contributed by atoms with E-state index in [0.29, 0.717) is 0 Å². The highest BCUT2D eigenvalue weighted by Gasteiger charge is 2.32. The highest BCUT2D eigenvalue weighted by molar-refractivity contribution is 5.96. The van der Waals surface area contributed by atoms with Crippen LogP contribution in [0.4, 0.5) is 0 Å². The van der Waals surface area contributed by atoms with Gasteiger partial charge in [0.15, 0.2) is 0 Å². The third-order valence-electron chi connectivity index (χ3n) is 6.11.